The Morgan fingerprint density at radius 1 is 1.56 bits per heavy atom. The van der Waals surface area contributed by atoms with E-state index < -0.39 is 4.92 Å². The second-order valence-electron chi connectivity index (χ2n) is 3.61. The third-order valence-corrected chi connectivity index (χ3v) is 3.43. The van der Waals surface area contributed by atoms with Crippen molar-refractivity contribution >= 4 is 23.1 Å². The lowest BCUT2D eigenvalue weighted by Crippen LogP contribution is -1.97. The van der Waals surface area contributed by atoms with Crippen LogP contribution in [0.4, 0.5) is 11.4 Å². The average Bonchev–Trinajstić information content (AvgIpc) is 2.73. The van der Waals surface area contributed by atoms with E-state index in [-0.39, 0.29) is 11.4 Å². The number of hydrogen-bond donors (Lipinski definition) is 1. The molecule has 0 aliphatic rings. The minimum absolute atomic E-state index is 0.0638. The summed E-state index contributed by atoms with van der Waals surface area (Å²) in [5.41, 5.74) is 6.46. The van der Waals surface area contributed by atoms with Gasteiger partial charge in [-0.15, -0.1) is 0 Å². The molecule has 1 aromatic carbocycles. The molecule has 0 radical (unpaired) electrons. The summed E-state index contributed by atoms with van der Waals surface area (Å²) in [5.74, 6) is 0.577. The van der Waals surface area contributed by atoms with Crippen LogP contribution in [0.15, 0.2) is 29.7 Å². The van der Waals surface area contributed by atoms with Gasteiger partial charge in [0.25, 0.3) is 5.69 Å². The van der Waals surface area contributed by atoms with Crippen molar-refractivity contribution in [3.8, 4) is 0 Å². The van der Waals surface area contributed by atoms with E-state index in [2.05, 4.69) is 10.1 Å². The summed E-state index contributed by atoms with van der Waals surface area (Å²) >= 11 is 1.46. The normalized spacial score (nSPS) is 10.5. The van der Waals surface area contributed by atoms with E-state index in [1.54, 1.807) is 23.9 Å². The molecule has 0 bridgehead atoms. The smallest absolute Gasteiger partial charge is 0.292 e. The minimum Gasteiger partial charge on any atom is -0.393 e. The van der Waals surface area contributed by atoms with Crippen molar-refractivity contribution in [3.63, 3.8) is 0 Å². The summed E-state index contributed by atoms with van der Waals surface area (Å²) in [6.07, 6.45) is 1.47. The van der Waals surface area contributed by atoms with Crippen LogP contribution in [0.3, 0.4) is 0 Å². The number of rotatable bonds is 4. The highest BCUT2D eigenvalue weighted by molar-refractivity contribution is 7.98. The van der Waals surface area contributed by atoms with Crippen LogP contribution >= 0.6 is 11.8 Å². The second-order valence-corrected chi connectivity index (χ2v) is 4.55. The molecule has 18 heavy (non-hydrogen) atoms. The van der Waals surface area contributed by atoms with Gasteiger partial charge < -0.3 is 5.73 Å². The van der Waals surface area contributed by atoms with Gasteiger partial charge in [-0.2, -0.15) is 5.10 Å². The van der Waals surface area contributed by atoms with E-state index in [1.165, 1.54) is 24.2 Å². The number of nitrogens with two attached hydrogens (primary N) is 1. The van der Waals surface area contributed by atoms with E-state index in [1.807, 2.05) is 0 Å². The van der Waals surface area contributed by atoms with Crippen LogP contribution in [0.25, 0.3) is 0 Å². The number of nitro benzene ring substituents is 1. The third-order valence-electron chi connectivity index (χ3n) is 2.33. The standard InChI is InChI=1S/C10H11N5O2S/c1-14-10(12-6-13-14)18-5-7-2-3-8(11)9(4-7)15(16)17/h2-4,6H,5,11H2,1H3. The Kier molecular flexibility index (Phi) is 3.47. The molecule has 0 spiro atoms. The highest BCUT2D eigenvalue weighted by atomic mass is 32.2. The SMILES string of the molecule is Cn1ncnc1SCc1ccc(N)c([N+](=O)[O-])c1. The molecule has 2 N–H and O–H groups in total. The first-order valence-electron chi connectivity index (χ1n) is 5.07. The number of aromatic nitrogens is 3. The lowest BCUT2D eigenvalue weighted by molar-refractivity contribution is -0.383. The topological polar surface area (TPSA) is 99.9 Å². The van der Waals surface area contributed by atoms with Gasteiger partial charge in [0.2, 0.25) is 0 Å². The van der Waals surface area contributed by atoms with E-state index in [9.17, 15) is 10.1 Å². The number of nitrogens with zero attached hydrogens (tertiary/aromatic N) is 4. The molecule has 2 rings (SSSR count). The molecule has 94 valence electrons. The zero-order chi connectivity index (χ0) is 13.1. The van der Waals surface area contributed by atoms with E-state index in [0.717, 1.165) is 10.7 Å². The van der Waals surface area contributed by atoms with Crippen molar-refractivity contribution in [2.24, 2.45) is 7.05 Å². The highest BCUT2D eigenvalue weighted by Crippen LogP contribution is 2.26. The second kappa shape index (κ2) is 5.05. The van der Waals surface area contributed by atoms with Gasteiger partial charge in [0, 0.05) is 18.9 Å². The molecule has 0 saturated carbocycles. The molecule has 1 heterocycles. The van der Waals surface area contributed by atoms with E-state index >= 15 is 0 Å². The average molecular weight is 265 g/mol. The van der Waals surface area contributed by atoms with Crippen molar-refractivity contribution < 1.29 is 4.92 Å². The van der Waals surface area contributed by atoms with Crippen LogP contribution in [0.2, 0.25) is 0 Å². The van der Waals surface area contributed by atoms with Crippen molar-refractivity contribution in [2.75, 3.05) is 5.73 Å². The van der Waals surface area contributed by atoms with Crippen LogP contribution in [-0.2, 0) is 12.8 Å². The number of hydrogen-bond acceptors (Lipinski definition) is 6. The Hall–Kier alpha value is -2.09. The summed E-state index contributed by atoms with van der Waals surface area (Å²) in [6.45, 7) is 0. The van der Waals surface area contributed by atoms with Crippen LogP contribution in [0.1, 0.15) is 5.56 Å². The van der Waals surface area contributed by atoms with Crippen LogP contribution < -0.4 is 5.73 Å². The minimum atomic E-state index is -0.480. The molecule has 0 atom stereocenters. The number of thioether (sulfide) groups is 1. The third kappa shape index (κ3) is 2.59. The fourth-order valence-electron chi connectivity index (χ4n) is 1.40. The Labute approximate surface area is 107 Å². The van der Waals surface area contributed by atoms with Gasteiger partial charge in [-0.1, -0.05) is 17.8 Å². The Bertz CT molecular complexity index is 583. The van der Waals surface area contributed by atoms with Gasteiger partial charge in [0.1, 0.15) is 12.0 Å². The van der Waals surface area contributed by atoms with Crippen LogP contribution in [-0.4, -0.2) is 19.7 Å². The maximum Gasteiger partial charge on any atom is 0.292 e. The molecule has 0 saturated heterocycles. The Morgan fingerprint density at radius 3 is 2.94 bits per heavy atom. The highest BCUT2D eigenvalue weighted by Gasteiger charge is 2.12. The zero-order valence-corrected chi connectivity index (χ0v) is 10.4. The number of nitrogen functional groups attached to an aromatic ring is 1. The van der Waals surface area contributed by atoms with E-state index in [4.69, 9.17) is 5.73 Å². The largest absolute Gasteiger partial charge is 0.393 e. The lowest BCUT2D eigenvalue weighted by Gasteiger charge is -2.02. The predicted octanol–water partition coefficient (Wildman–Crippen LogP) is 1.60. The van der Waals surface area contributed by atoms with Crippen molar-refractivity contribution in [1.29, 1.82) is 0 Å². The van der Waals surface area contributed by atoms with Gasteiger partial charge in [-0.3, -0.25) is 10.1 Å². The van der Waals surface area contributed by atoms with Gasteiger partial charge in [0.15, 0.2) is 5.16 Å². The van der Waals surface area contributed by atoms with Crippen molar-refractivity contribution in [2.45, 2.75) is 10.9 Å². The first-order chi connectivity index (χ1) is 8.58. The number of benzene rings is 1. The summed E-state index contributed by atoms with van der Waals surface area (Å²) in [4.78, 5) is 14.3. The van der Waals surface area contributed by atoms with E-state index in [0.29, 0.717) is 5.75 Å². The fraction of sp³-hybridized carbons (Fsp3) is 0.200. The van der Waals surface area contributed by atoms with Gasteiger partial charge in [-0.25, -0.2) is 9.67 Å². The van der Waals surface area contributed by atoms with Gasteiger partial charge >= 0.3 is 0 Å². The summed E-state index contributed by atoms with van der Waals surface area (Å²) in [6, 6.07) is 4.80. The Morgan fingerprint density at radius 2 is 2.33 bits per heavy atom. The lowest BCUT2D eigenvalue weighted by atomic mass is 10.2. The first-order valence-corrected chi connectivity index (χ1v) is 6.06. The molecule has 0 amide bonds. The number of anilines is 1. The summed E-state index contributed by atoms with van der Waals surface area (Å²) in [5, 5.41) is 15.5. The number of nitro groups is 1. The first kappa shape index (κ1) is 12.4. The quantitative estimate of drug-likeness (QED) is 0.390. The summed E-state index contributed by atoms with van der Waals surface area (Å²) < 4.78 is 1.65. The molecule has 0 aliphatic carbocycles. The molecule has 0 aliphatic heterocycles. The summed E-state index contributed by atoms with van der Waals surface area (Å²) in [7, 11) is 1.79. The molecular formula is C10H11N5O2S. The predicted molar refractivity (Wildman–Crippen MR) is 68.1 cm³/mol. The molecule has 2 aromatic rings. The molecule has 1 aromatic heterocycles. The molecule has 0 unspecified atom stereocenters. The Balaban J connectivity index is 2.13. The molecule has 7 nitrogen and oxygen atoms in total. The van der Waals surface area contributed by atoms with Crippen molar-refractivity contribution in [3.05, 3.63) is 40.2 Å². The maximum absolute atomic E-state index is 10.8. The van der Waals surface area contributed by atoms with Crippen LogP contribution in [0.5, 0.6) is 0 Å². The molecule has 0 fully saturated rings. The number of aryl methyl sites for hydroxylation is 1. The monoisotopic (exact) mass is 265 g/mol. The maximum atomic E-state index is 10.8. The molecule has 8 heteroatoms. The fourth-order valence-corrected chi connectivity index (χ4v) is 2.23. The molecular weight excluding hydrogens is 254 g/mol. The van der Waals surface area contributed by atoms with Crippen molar-refractivity contribution in [1.82, 2.24) is 14.8 Å². The van der Waals surface area contributed by atoms with Crippen LogP contribution in [0, 0.1) is 10.1 Å². The van der Waals surface area contributed by atoms with Gasteiger partial charge in [0.05, 0.1) is 4.92 Å². The zero-order valence-electron chi connectivity index (χ0n) is 9.61. The van der Waals surface area contributed by atoms with Gasteiger partial charge in [-0.05, 0) is 11.6 Å².